The first kappa shape index (κ1) is 22.9. The maximum absolute atomic E-state index is 13.4. The second kappa shape index (κ2) is 9.09. The molecule has 9 heteroatoms. The largest absolute Gasteiger partial charge is 0.493 e. The highest BCUT2D eigenvalue weighted by molar-refractivity contribution is 7.89. The maximum Gasteiger partial charge on any atom is 0.331 e. The highest BCUT2D eigenvalue weighted by atomic mass is 32.2. The molecule has 0 aromatic heterocycles. The van der Waals surface area contributed by atoms with Crippen LogP contribution < -0.4 is 18.9 Å². The number of sulfonamides is 1. The average molecular weight is 494 g/mol. The molecule has 8 nitrogen and oxygen atoms in total. The summed E-state index contributed by atoms with van der Waals surface area (Å²) < 4.78 is 45.8. The lowest BCUT2D eigenvalue weighted by atomic mass is 9.93. The number of fused-ring (bicyclic) bond motifs is 2. The summed E-state index contributed by atoms with van der Waals surface area (Å²) in [6.45, 7) is 2.23. The Balaban J connectivity index is 1.53. The summed E-state index contributed by atoms with van der Waals surface area (Å²) in [5.41, 5.74) is 2.93. The van der Waals surface area contributed by atoms with E-state index >= 15 is 0 Å². The van der Waals surface area contributed by atoms with Crippen molar-refractivity contribution >= 4 is 21.6 Å². The minimum atomic E-state index is -3.99. The summed E-state index contributed by atoms with van der Waals surface area (Å²) in [6.07, 6.45) is 0.789. The van der Waals surface area contributed by atoms with Crippen LogP contribution in [0, 0.1) is 0 Å². The van der Waals surface area contributed by atoms with Crippen LogP contribution in [0.25, 0.3) is 5.57 Å². The smallest absolute Gasteiger partial charge is 0.331 e. The number of rotatable bonds is 7. The molecular formula is C26H23NO7S. The van der Waals surface area contributed by atoms with Crippen molar-refractivity contribution in [1.29, 1.82) is 0 Å². The number of nitrogens with one attached hydrogen (secondary N) is 1. The first-order chi connectivity index (χ1) is 16.8. The molecule has 0 atom stereocenters. The van der Waals surface area contributed by atoms with Crippen LogP contribution in [-0.4, -0.2) is 32.9 Å². The summed E-state index contributed by atoms with van der Waals surface area (Å²) >= 11 is 0. The zero-order valence-electron chi connectivity index (χ0n) is 18.9. The maximum atomic E-state index is 13.4. The van der Waals surface area contributed by atoms with Gasteiger partial charge in [-0.2, -0.15) is 0 Å². The Kier molecular flexibility index (Phi) is 5.96. The Morgan fingerprint density at radius 2 is 1.74 bits per heavy atom. The lowest BCUT2D eigenvalue weighted by Gasteiger charge is -2.17. The normalized spacial score (nSPS) is 14.8. The number of aliphatic carboxylic acids is 1. The van der Waals surface area contributed by atoms with Gasteiger partial charge in [-0.1, -0.05) is 36.4 Å². The van der Waals surface area contributed by atoms with Crippen molar-refractivity contribution in [2.75, 3.05) is 13.4 Å². The molecule has 0 spiro atoms. The quantitative estimate of drug-likeness (QED) is 0.483. The van der Waals surface area contributed by atoms with Crippen molar-refractivity contribution in [3.8, 4) is 17.2 Å². The fraction of sp³-hybridized carbons (Fsp3) is 0.192. The first-order valence-electron chi connectivity index (χ1n) is 11.0. The molecule has 2 aliphatic rings. The van der Waals surface area contributed by atoms with Crippen LogP contribution in [0.2, 0.25) is 0 Å². The number of hydrogen-bond donors (Lipinski definition) is 2. The number of benzene rings is 3. The van der Waals surface area contributed by atoms with E-state index in [-0.39, 0.29) is 34.9 Å². The number of carboxylic acids is 1. The minimum Gasteiger partial charge on any atom is -0.493 e. The standard InChI is InChI=1S/C26H23NO7S/c1-16(26(28)29)25(19-7-9-22-23(13-19)34-15-33-22)20-4-2-3-5-24(20)35(30,31)27-14-17-6-8-21-18(12-17)10-11-32-21/h2-9,12-13,27H,10-11,14-15H2,1H3,(H,28,29)/b25-16+. The summed E-state index contributed by atoms with van der Waals surface area (Å²) in [5.74, 6) is 0.684. The third kappa shape index (κ3) is 4.48. The Labute approximate surface area is 202 Å². The Morgan fingerprint density at radius 3 is 2.57 bits per heavy atom. The van der Waals surface area contributed by atoms with Crippen LogP contribution in [0.15, 0.2) is 71.1 Å². The summed E-state index contributed by atoms with van der Waals surface area (Å²) in [4.78, 5) is 12.0. The molecule has 0 unspecified atom stereocenters. The molecule has 2 N–H and O–H groups in total. The van der Waals surface area contributed by atoms with Gasteiger partial charge < -0.3 is 19.3 Å². The van der Waals surface area contributed by atoms with Crippen LogP contribution in [0.4, 0.5) is 0 Å². The number of hydrogen-bond acceptors (Lipinski definition) is 6. The van der Waals surface area contributed by atoms with Gasteiger partial charge in [-0.3, -0.25) is 0 Å². The zero-order chi connectivity index (χ0) is 24.6. The van der Waals surface area contributed by atoms with E-state index in [4.69, 9.17) is 14.2 Å². The fourth-order valence-corrected chi connectivity index (χ4v) is 5.48. The van der Waals surface area contributed by atoms with Gasteiger partial charge in [0.25, 0.3) is 0 Å². The zero-order valence-corrected chi connectivity index (χ0v) is 19.7. The molecule has 0 bridgehead atoms. The number of ether oxygens (including phenoxy) is 3. The monoisotopic (exact) mass is 493 g/mol. The van der Waals surface area contributed by atoms with Crippen molar-refractivity contribution in [3.63, 3.8) is 0 Å². The Morgan fingerprint density at radius 1 is 0.971 bits per heavy atom. The third-order valence-electron chi connectivity index (χ3n) is 6.02. The second-order valence-corrected chi connectivity index (χ2v) is 9.97. The Bertz CT molecular complexity index is 1460. The predicted octanol–water partition coefficient (Wildman–Crippen LogP) is 3.74. The van der Waals surface area contributed by atoms with Gasteiger partial charge in [-0.25, -0.2) is 17.9 Å². The topological polar surface area (TPSA) is 111 Å². The first-order valence-corrected chi connectivity index (χ1v) is 12.5. The minimum absolute atomic E-state index is 0.00476. The lowest BCUT2D eigenvalue weighted by Crippen LogP contribution is -2.24. The van der Waals surface area contributed by atoms with E-state index in [0.29, 0.717) is 23.7 Å². The van der Waals surface area contributed by atoms with Crippen LogP contribution in [0.3, 0.4) is 0 Å². The average Bonchev–Trinajstić information content (AvgIpc) is 3.52. The molecule has 2 heterocycles. The summed E-state index contributed by atoms with van der Waals surface area (Å²) in [7, 11) is -3.99. The molecule has 0 aliphatic carbocycles. The molecule has 0 saturated carbocycles. The van der Waals surface area contributed by atoms with Crippen LogP contribution in [-0.2, 0) is 27.8 Å². The van der Waals surface area contributed by atoms with Crippen LogP contribution >= 0.6 is 0 Å². The van der Waals surface area contributed by atoms with Gasteiger partial charge in [0.15, 0.2) is 11.5 Å². The van der Waals surface area contributed by atoms with E-state index < -0.39 is 16.0 Å². The van der Waals surface area contributed by atoms with Crippen molar-refractivity contribution < 1.29 is 32.5 Å². The van der Waals surface area contributed by atoms with Gasteiger partial charge in [0, 0.05) is 29.7 Å². The molecule has 35 heavy (non-hydrogen) atoms. The van der Waals surface area contributed by atoms with Crippen molar-refractivity contribution in [1.82, 2.24) is 4.72 Å². The molecular weight excluding hydrogens is 470 g/mol. The van der Waals surface area contributed by atoms with E-state index in [0.717, 1.165) is 23.3 Å². The van der Waals surface area contributed by atoms with Crippen LogP contribution in [0.5, 0.6) is 17.2 Å². The highest BCUT2D eigenvalue weighted by Crippen LogP contribution is 2.38. The second-order valence-electron chi connectivity index (χ2n) is 8.23. The Hall–Kier alpha value is -3.82. The van der Waals surface area contributed by atoms with Gasteiger partial charge in [0.1, 0.15) is 5.75 Å². The van der Waals surface area contributed by atoms with Crippen LogP contribution in [0.1, 0.15) is 29.2 Å². The van der Waals surface area contributed by atoms with E-state index in [9.17, 15) is 18.3 Å². The SMILES string of the molecule is C/C(C(=O)O)=C(/c1ccc2c(c1)OCO2)c1ccccc1S(=O)(=O)NCc1ccc2c(c1)CCO2. The number of carboxylic acid groups (broad SMARTS) is 1. The van der Waals surface area contributed by atoms with E-state index in [1.807, 2.05) is 18.2 Å². The summed E-state index contributed by atoms with van der Waals surface area (Å²) in [5, 5.41) is 9.80. The molecule has 180 valence electrons. The van der Waals surface area contributed by atoms with Gasteiger partial charge in [-0.05, 0) is 47.9 Å². The molecule has 2 aliphatic heterocycles. The third-order valence-corrected chi connectivity index (χ3v) is 7.48. The van der Waals surface area contributed by atoms with E-state index in [1.165, 1.54) is 13.0 Å². The molecule has 0 fully saturated rings. The van der Waals surface area contributed by atoms with Gasteiger partial charge in [0.05, 0.1) is 11.5 Å². The van der Waals surface area contributed by atoms with Crippen molar-refractivity contribution in [2.24, 2.45) is 0 Å². The molecule has 0 saturated heterocycles. The fourth-order valence-electron chi connectivity index (χ4n) is 4.25. The predicted molar refractivity (Wildman–Crippen MR) is 128 cm³/mol. The van der Waals surface area contributed by atoms with E-state index in [2.05, 4.69) is 4.72 Å². The van der Waals surface area contributed by atoms with Gasteiger partial charge in [-0.15, -0.1) is 0 Å². The highest BCUT2D eigenvalue weighted by Gasteiger charge is 2.25. The molecule has 5 rings (SSSR count). The molecule has 0 radical (unpaired) electrons. The van der Waals surface area contributed by atoms with Gasteiger partial charge in [0.2, 0.25) is 16.8 Å². The number of carbonyl (C=O) groups is 1. The molecule has 3 aromatic carbocycles. The molecule has 0 amide bonds. The van der Waals surface area contributed by atoms with Crippen molar-refractivity contribution in [2.45, 2.75) is 24.8 Å². The van der Waals surface area contributed by atoms with E-state index in [1.54, 1.807) is 36.4 Å². The summed E-state index contributed by atoms with van der Waals surface area (Å²) in [6, 6.07) is 17.0. The van der Waals surface area contributed by atoms with Crippen molar-refractivity contribution in [3.05, 3.63) is 88.5 Å². The van der Waals surface area contributed by atoms with Gasteiger partial charge >= 0.3 is 5.97 Å². The molecule has 3 aromatic rings. The lowest BCUT2D eigenvalue weighted by molar-refractivity contribution is -0.132.